The summed E-state index contributed by atoms with van der Waals surface area (Å²) in [5, 5.41) is 8.80. The van der Waals surface area contributed by atoms with Crippen LogP contribution >= 0.6 is 0 Å². The number of ether oxygens (including phenoxy) is 1. The number of amides is 2. The third-order valence-electron chi connectivity index (χ3n) is 5.42. The van der Waals surface area contributed by atoms with Crippen LogP contribution in [0.2, 0.25) is 0 Å². The molecule has 2 amide bonds. The van der Waals surface area contributed by atoms with Gasteiger partial charge in [-0.2, -0.15) is 5.10 Å². The summed E-state index contributed by atoms with van der Waals surface area (Å²) in [7, 11) is 1.78. The van der Waals surface area contributed by atoms with Gasteiger partial charge in [0.05, 0.1) is 24.5 Å². The lowest BCUT2D eigenvalue weighted by molar-refractivity contribution is 0.0136. The molecule has 9 nitrogen and oxygen atoms in total. The fourth-order valence-corrected chi connectivity index (χ4v) is 4.01. The van der Waals surface area contributed by atoms with Gasteiger partial charge in [0.1, 0.15) is 17.6 Å². The lowest BCUT2D eigenvalue weighted by Gasteiger charge is -2.34. The SMILES string of the molecule is CC1Cc2nn3c(c2CN1C(=O)OC(C)(C)C)C(=O)N(C)CC(c1ccon1)C3. The van der Waals surface area contributed by atoms with Crippen LogP contribution in [0.5, 0.6) is 0 Å². The Balaban J connectivity index is 1.68. The number of carbonyl (C=O) groups excluding carboxylic acids is 2. The topological polar surface area (TPSA) is 93.7 Å². The summed E-state index contributed by atoms with van der Waals surface area (Å²) in [6.07, 6.45) is 1.75. The highest BCUT2D eigenvalue weighted by atomic mass is 16.6. The molecule has 0 saturated heterocycles. The normalized spacial score (nSPS) is 22.2. The minimum Gasteiger partial charge on any atom is -0.444 e. The van der Waals surface area contributed by atoms with Gasteiger partial charge >= 0.3 is 6.09 Å². The molecular formula is C20H27N5O4. The van der Waals surface area contributed by atoms with E-state index in [2.05, 4.69) is 5.16 Å². The van der Waals surface area contributed by atoms with Gasteiger partial charge in [-0.3, -0.25) is 9.48 Å². The van der Waals surface area contributed by atoms with Crippen LogP contribution in [0.25, 0.3) is 0 Å². The second-order valence-corrected chi connectivity index (χ2v) is 8.92. The minimum atomic E-state index is -0.576. The van der Waals surface area contributed by atoms with Crippen LogP contribution in [0, 0.1) is 0 Å². The van der Waals surface area contributed by atoms with E-state index in [1.807, 2.05) is 33.8 Å². The molecule has 0 radical (unpaired) electrons. The van der Waals surface area contributed by atoms with Crippen molar-refractivity contribution in [1.29, 1.82) is 0 Å². The standard InChI is InChI=1S/C20H27N5O4/c1-12-8-16-14(11-24(12)19(27)29-20(2,3)4)17-18(26)23(5)9-13(10-25(17)21-16)15-6-7-28-22-15/h6-7,12-13H,8-11H2,1-5H3. The van der Waals surface area contributed by atoms with E-state index in [4.69, 9.17) is 14.4 Å². The van der Waals surface area contributed by atoms with Crippen LogP contribution in [0.4, 0.5) is 4.79 Å². The third-order valence-corrected chi connectivity index (χ3v) is 5.42. The Kier molecular flexibility index (Phi) is 4.63. The summed E-state index contributed by atoms with van der Waals surface area (Å²) in [6.45, 7) is 8.89. The van der Waals surface area contributed by atoms with Gasteiger partial charge in [0.2, 0.25) is 0 Å². The molecule has 0 bridgehead atoms. The number of fused-ring (bicyclic) bond motifs is 3. The molecule has 0 N–H and O–H groups in total. The molecule has 0 fully saturated rings. The van der Waals surface area contributed by atoms with Crippen LogP contribution in [-0.2, 0) is 24.2 Å². The first-order valence-electron chi connectivity index (χ1n) is 9.88. The second kappa shape index (κ2) is 6.89. The van der Waals surface area contributed by atoms with Gasteiger partial charge in [0.25, 0.3) is 5.91 Å². The van der Waals surface area contributed by atoms with Gasteiger partial charge in [-0.15, -0.1) is 0 Å². The summed E-state index contributed by atoms with van der Waals surface area (Å²) in [5.41, 5.74) is 2.46. The van der Waals surface area contributed by atoms with Crippen LogP contribution in [-0.4, -0.2) is 62.0 Å². The second-order valence-electron chi connectivity index (χ2n) is 8.92. The van der Waals surface area contributed by atoms with E-state index in [0.29, 0.717) is 31.7 Å². The molecule has 2 unspecified atom stereocenters. The van der Waals surface area contributed by atoms with Crippen LogP contribution in [0.3, 0.4) is 0 Å². The molecule has 2 aliphatic heterocycles. The van der Waals surface area contributed by atoms with Crippen molar-refractivity contribution in [3.8, 4) is 0 Å². The van der Waals surface area contributed by atoms with Crippen molar-refractivity contribution in [1.82, 2.24) is 24.7 Å². The van der Waals surface area contributed by atoms with Crippen molar-refractivity contribution in [3.05, 3.63) is 35.0 Å². The van der Waals surface area contributed by atoms with E-state index in [-0.39, 0.29) is 24.0 Å². The van der Waals surface area contributed by atoms with Crippen molar-refractivity contribution in [2.24, 2.45) is 0 Å². The van der Waals surface area contributed by atoms with Crippen molar-refractivity contribution < 1.29 is 18.8 Å². The number of rotatable bonds is 1. The lowest BCUT2D eigenvalue weighted by Crippen LogP contribution is -2.45. The molecule has 4 rings (SSSR count). The molecule has 4 heterocycles. The maximum absolute atomic E-state index is 13.2. The van der Waals surface area contributed by atoms with E-state index < -0.39 is 5.60 Å². The van der Waals surface area contributed by atoms with Crippen LogP contribution in [0.15, 0.2) is 16.9 Å². The van der Waals surface area contributed by atoms with Crippen molar-refractivity contribution in [2.75, 3.05) is 13.6 Å². The van der Waals surface area contributed by atoms with E-state index in [0.717, 1.165) is 17.0 Å². The van der Waals surface area contributed by atoms with Gasteiger partial charge in [0.15, 0.2) is 0 Å². The Morgan fingerprint density at radius 2 is 2.07 bits per heavy atom. The quantitative estimate of drug-likeness (QED) is 0.728. The average molecular weight is 401 g/mol. The Bertz CT molecular complexity index is 928. The predicted octanol–water partition coefficient (Wildman–Crippen LogP) is 2.42. The zero-order valence-electron chi connectivity index (χ0n) is 17.5. The van der Waals surface area contributed by atoms with Gasteiger partial charge in [-0.1, -0.05) is 5.16 Å². The number of hydrogen-bond acceptors (Lipinski definition) is 6. The Morgan fingerprint density at radius 3 is 2.72 bits per heavy atom. The van der Waals surface area contributed by atoms with E-state index in [9.17, 15) is 9.59 Å². The van der Waals surface area contributed by atoms with Gasteiger partial charge in [-0.25, -0.2) is 4.79 Å². The maximum atomic E-state index is 13.2. The zero-order chi connectivity index (χ0) is 20.9. The average Bonchev–Trinajstić information content (AvgIpc) is 3.23. The third kappa shape index (κ3) is 3.61. The fourth-order valence-electron chi connectivity index (χ4n) is 4.01. The summed E-state index contributed by atoms with van der Waals surface area (Å²) in [6, 6.07) is 1.76. The van der Waals surface area contributed by atoms with Crippen LogP contribution < -0.4 is 0 Å². The number of aromatic nitrogens is 3. The molecule has 0 spiro atoms. The van der Waals surface area contributed by atoms with Crippen molar-refractivity contribution in [3.63, 3.8) is 0 Å². The minimum absolute atomic E-state index is 0.00955. The molecule has 2 aliphatic rings. The smallest absolute Gasteiger partial charge is 0.410 e. The molecular weight excluding hydrogens is 374 g/mol. The monoisotopic (exact) mass is 401 g/mol. The van der Waals surface area contributed by atoms with E-state index in [1.165, 1.54) is 6.26 Å². The number of carbonyl (C=O) groups is 2. The largest absolute Gasteiger partial charge is 0.444 e. The molecule has 156 valence electrons. The molecule has 29 heavy (non-hydrogen) atoms. The van der Waals surface area contributed by atoms with Crippen molar-refractivity contribution in [2.45, 2.75) is 64.8 Å². The highest BCUT2D eigenvalue weighted by Gasteiger charge is 2.38. The molecule has 0 saturated carbocycles. The zero-order valence-corrected chi connectivity index (χ0v) is 17.5. The van der Waals surface area contributed by atoms with Gasteiger partial charge in [0, 0.05) is 43.6 Å². The lowest BCUT2D eigenvalue weighted by atomic mass is 9.99. The predicted molar refractivity (Wildman–Crippen MR) is 103 cm³/mol. The molecule has 0 aromatic carbocycles. The van der Waals surface area contributed by atoms with E-state index >= 15 is 0 Å². The maximum Gasteiger partial charge on any atom is 0.410 e. The summed E-state index contributed by atoms with van der Waals surface area (Å²) >= 11 is 0. The molecule has 2 aromatic heterocycles. The molecule has 2 atom stereocenters. The fraction of sp³-hybridized carbons (Fsp3) is 0.600. The van der Waals surface area contributed by atoms with Gasteiger partial charge in [-0.05, 0) is 27.7 Å². The number of hydrogen-bond donors (Lipinski definition) is 0. The Hall–Kier alpha value is -2.84. The molecule has 2 aromatic rings. The van der Waals surface area contributed by atoms with Gasteiger partial charge < -0.3 is 19.1 Å². The highest BCUT2D eigenvalue weighted by Crippen LogP contribution is 2.31. The first kappa shape index (κ1) is 19.5. The summed E-state index contributed by atoms with van der Waals surface area (Å²) in [4.78, 5) is 29.2. The Morgan fingerprint density at radius 1 is 1.31 bits per heavy atom. The first-order valence-corrected chi connectivity index (χ1v) is 9.88. The summed E-state index contributed by atoms with van der Waals surface area (Å²) in [5.74, 6) is -0.104. The highest BCUT2D eigenvalue weighted by molar-refractivity contribution is 5.94. The first-order chi connectivity index (χ1) is 13.6. The number of likely N-dealkylation sites (N-methyl/N-ethyl adjacent to an activating group) is 1. The number of nitrogens with zero attached hydrogens (tertiary/aromatic N) is 5. The molecule has 9 heteroatoms. The van der Waals surface area contributed by atoms with E-state index in [1.54, 1.807) is 21.5 Å². The van der Waals surface area contributed by atoms with Crippen LogP contribution in [0.1, 0.15) is 61.1 Å². The molecule has 0 aliphatic carbocycles. The van der Waals surface area contributed by atoms with Crippen molar-refractivity contribution >= 4 is 12.0 Å². The Labute approximate surface area is 169 Å². The summed E-state index contributed by atoms with van der Waals surface area (Å²) < 4.78 is 12.3.